The zero-order valence-electron chi connectivity index (χ0n) is 14.3. The van der Waals surface area contributed by atoms with Crippen molar-refractivity contribution >= 4 is 22.4 Å². The third kappa shape index (κ3) is 5.07. The molecule has 2 unspecified atom stereocenters. The summed E-state index contributed by atoms with van der Waals surface area (Å²) in [5, 5.41) is 6.78. The summed E-state index contributed by atoms with van der Waals surface area (Å²) in [4.78, 5) is 11.7. The van der Waals surface area contributed by atoms with Crippen LogP contribution in [0.25, 0.3) is 0 Å². The van der Waals surface area contributed by atoms with Crippen LogP contribution in [0.5, 0.6) is 0 Å². The molecule has 1 saturated carbocycles. The first kappa shape index (κ1) is 17.5. The zero-order chi connectivity index (χ0) is 16.8. The lowest BCUT2D eigenvalue weighted by Crippen LogP contribution is -2.26. The van der Waals surface area contributed by atoms with Crippen molar-refractivity contribution in [2.75, 3.05) is 11.9 Å². The maximum atomic E-state index is 12.6. The van der Waals surface area contributed by atoms with E-state index in [9.17, 15) is 9.00 Å². The van der Waals surface area contributed by atoms with Crippen molar-refractivity contribution in [2.24, 2.45) is 0 Å². The van der Waals surface area contributed by atoms with Crippen LogP contribution in [0.2, 0.25) is 0 Å². The summed E-state index contributed by atoms with van der Waals surface area (Å²) in [5.41, 5.74) is 2.16. The van der Waals surface area contributed by atoms with Crippen molar-refractivity contribution in [1.29, 1.82) is 0 Å². The first-order chi connectivity index (χ1) is 11.7. The fraction of sp³-hybridized carbons (Fsp3) is 0.632. The highest BCUT2D eigenvalue weighted by Gasteiger charge is 2.20. The number of benzene rings is 1. The van der Waals surface area contributed by atoms with Gasteiger partial charge in [0.2, 0.25) is 5.91 Å². The highest BCUT2D eigenvalue weighted by Crippen LogP contribution is 2.24. The highest BCUT2D eigenvalue weighted by molar-refractivity contribution is 7.84. The van der Waals surface area contributed by atoms with Crippen LogP contribution in [0.3, 0.4) is 0 Å². The molecule has 0 aromatic heterocycles. The fourth-order valence-corrected chi connectivity index (χ4v) is 5.30. The van der Waals surface area contributed by atoms with Crippen molar-refractivity contribution in [3.05, 3.63) is 29.8 Å². The predicted octanol–water partition coefficient (Wildman–Crippen LogP) is 3.35. The standard InChI is InChI=1S/C19H28N2O2S/c22-19-13-17(8-5-11-20-19)21-16-7-4-6-15(12-16)14-24(23)18-9-2-1-3-10-18/h4,6-7,12,17-18,21H,1-3,5,8-11,13-14H2,(H,20,22). The lowest BCUT2D eigenvalue weighted by atomic mass is 10.0. The molecule has 1 aliphatic carbocycles. The van der Waals surface area contributed by atoms with Gasteiger partial charge in [-0.1, -0.05) is 31.4 Å². The van der Waals surface area contributed by atoms with E-state index in [2.05, 4.69) is 22.8 Å². The molecular weight excluding hydrogens is 320 g/mol. The Morgan fingerprint density at radius 1 is 1.12 bits per heavy atom. The Balaban J connectivity index is 1.59. The number of carbonyl (C=O) groups excluding carboxylic acids is 1. The first-order valence-electron chi connectivity index (χ1n) is 9.20. The molecule has 1 aromatic rings. The summed E-state index contributed by atoms with van der Waals surface area (Å²) in [6.45, 7) is 0.775. The molecule has 0 radical (unpaired) electrons. The van der Waals surface area contributed by atoms with E-state index in [0.29, 0.717) is 17.4 Å². The summed E-state index contributed by atoms with van der Waals surface area (Å²) in [5.74, 6) is 0.769. The van der Waals surface area contributed by atoms with Gasteiger partial charge in [-0.15, -0.1) is 0 Å². The number of rotatable bonds is 5. The third-order valence-corrected chi connectivity index (χ3v) is 6.85. The second kappa shape index (κ2) is 8.65. The van der Waals surface area contributed by atoms with Crippen molar-refractivity contribution in [2.45, 2.75) is 68.4 Å². The minimum Gasteiger partial charge on any atom is -0.382 e. The molecule has 5 heteroatoms. The maximum Gasteiger partial charge on any atom is 0.222 e. The molecule has 24 heavy (non-hydrogen) atoms. The summed E-state index contributed by atoms with van der Waals surface area (Å²) in [7, 11) is -0.773. The van der Waals surface area contributed by atoms with Gasteiger partial charge in [0.25, 0.3) is 0 Å². The molecule has 2 fully saturated rings. The van der Waals surface area contributed by atoms with E-state index in [1.807, 2.05) is 12.1 Å². The van der Waals surface area contributed by atoms with Crippen molar-refractivity contribution < 1.29 is 9.00 Å². The molecule has 0 spiro atoms. The van der Waals surface area contributed by atoms with E-state index >= 15 is 0 Å². The second-order valence-corrected chi connectivity index (χ2v) is 8.74. The smallest absolute Gasteiger partial charge is 0.222 e. The van der Waals surface area contributed by atoms with Crippen LogP contribution in [0, 0.1) is 0 Å². The lowest BCUT2D eigenvalue weighted by Gasteiger charge is -2.21. The molecule has 1 aromatic carbocycles. The highest BCUT2D eigenvalue weighted by atomic mass is 32.2. The molecule has 132 valence electrons. The topological polar surface area (TPSA) is 58.2 Å². The van der Waals surface area contributed by atoms with Crippen LogP contribution >= 0.6 is 0 Å². The van der Waals surface area contributed by atoms with Crippen molar-refractivity contribution in [3.8, 4) is 0 Å². The molecule has 1 saturated heterocycles. The molecule has 2 aliphatic rings. The number of anilines is 1. The molecule has 1 aliphatic heterocycles. The average Bonchev–Trinajstić information content (AvgIpc) is 2.80. The SMILES string of the molecule is O=C1CC(Nc2cccc(CS(=O)C3CCCCC3)c2)CCCN1. The Bertz CT molecular complexity index is 584. The Hall–Kier alpha value is -1.36. The number of carbonyl (C=O) groups is 1. The predicted molar refractivity (Wildman–Crippen MR) is 99.4 cm³/mol. The number of amides is 1. The van der Waals surface area contributed by atoms with E-state index in [0.717, 1.165) is 43.5 Å². The van der Waals surface area contributed by atoms with Gasteiger partial charge in [0.05, 0.1) is 0 Å². The van der Waals surface area contributed by atoms with E-state index in [4.69, 9.17) is 0 Å². The van der Waals surface area contributed by atoms with Gasteiger partial charge in [0.1, 0.15) is 0 Å². The van der Waals surface area contributed by atoms with Crippen LogP contribution in [0.15, 0.2) is 24.3 Å². The summed E-state index contributed by atoms with van der Waals surface area (Å²) in [6, 6.07) is 8.41. The van der Waals surface area contributed by atoms with E-state index in [-0.39, 0.29) is 11.9 Å². The largest absolute Gasteiger partial charge is 0.382 e. The Morgan fingerprint density at radius 2 is 1.96 bits per heavy atom. The summed E-state index contributed by atoms with van der Waals surface area (Å²) < 4.78 is 12.6. The second-order valence-electron chi connectivity index (χ2n) is 7.02. The van der Waals surface area contributed by atoms with Gasteiger partial charge in [-0.25, -0.2) is 0 Å². The van der Waals surface area contributed by atoms with Gasteiger partial charge in [-0.05, 0) is 43.4 Å². The first-order valence-corrected chi connectivity index (χ1v) is 10.6. The van der Waals surface area contributed by atoms with E-state index < -0.39 is 10.8 Å². The summed E-state index contributed by atoms with van der Waals surface area (Å²) >= 11 is 0. The normalized spacial score (nSPS) is 24.0. The van der Waals surface area contributed by atoms with E-state index in [1.54, 1.807) is 0 Å². The van der Waals surface area contributed by atoms with Gasteiger partial charge >= 0.3 is 0 Å². The number of nitrogens with one attached hydrogen (secondary N) is 2. The van der Waals surface area contributed by atoms with Gasteiger partial charge in [-0.3, -0.25) is 9.00 Å². The van der Waals surface area contributed by atoms with Crippen LogP contribution in [-0.2, 0) is 21.3 Å². The van der Waals surface area contributed by atoms with Gasteiger partial charge < -0.3 is 10.6 Å². The Labute approximate surface area is 147 Å². The Kier molecular flexibility index (Phi) is 6.30. The van der Waals surface area contributed by atoms with Crippen molar-refractivity contribution in [3.63, 3.8) is 0 Å². The van der Waals surface area contributed by atoms with E-state index in [1.165, 1.54) is 19.3 Å². The quantitative estimate of drug-likeness (QED) is 0.858. The number of hydrogen-bond donors (Lipinski definition) is 2. The molecule has 3 rings (SSSR count). The lowest BCUT2D eigenvalue weighted by molar-refractivity contribution is -0.120. The molecule has 4 nitrogen and oxygen atoms in total. The molecule has 0 bridgehead atoms. The molecular formula is C19H28N2O2S. The minimum absolute atomic E-state index is 0.125. The average molecular weight is 349 g/mol. The van der Waals surface area contributed by atoms with Crippen LogP contribution in [0.4, 0.5) is 5.69 Å². The number of hydrogen-bond acceptors (Lipinski definition) is 3. The summed E-state index contributed by atoms with van der Waals surface area (Å²) in [6.07, 6.45) is 8.50. The van der Waals surface area contributed by atoms with Gasteiger partial charge in [0.15, 0.2) is 0 Å². The van der Waals surface area contributed by atoms with Crippen LogP contribution < -0.4 is 10.6 Å². The molecule has 2 atom stereocenters. The minimum atomic E-state index is -0.773. The molecule has 1 heterocycles. The van der Waals surface area contributed by atoms with Gasteiger partial charge in [0, 0.05) is 46.5 Å². The fourth-order valence-electron chi connectivity index (χ4n) is 3.69. The Morgan fingerprint density at radius 3 is 2.79 bits per heavy atom. The van der Waals surface area contributed by atoms with Gasteiger partial charge in [-0.2, -0.15) is 0 Å². The monoisotopic (exact) mass is 348 g/mol. The van der Waals surface area contributed by atoms with Crippen molar-refractivity contribution in [1.82, 2.24) is 5.32 Å². The molecule has 2 N–H and O–H groups in total. The van der Waals surface area contributed by atoms with Crippen LogP contribution in [-0.4, -0.2) is 28.0 Å². The molecule has 1 amide bonds. The third-order valence-electron chi connectivity index (χ3n) is 5.01. The zero-order valence-corrected chi connectivity index (χ0v) is 15.1. The van der Waals surface area contributed by atoms with Crippen LogP contribution in [0.1, 0.15) is 56.9 Å². The maximum absolute atomic E-state index is 12.6.